The second kappa shape index (κ2) is 4.00. The molecule has 2 heterocycles. The van der Waals surface area contributed by atoms with E-state index in [-0.39, 0.29) is 0 Å². The molecule has 3 N–H and O–H groups in total. The summed E-state index contributed by atoms with van der Waals surface area (Å²) in [7, 11) is 0. The molecule has 0 spiro atoms. The minimum atomic E-state index is 0.640. The number of aryl methyl sites for hydroxylation is 1. The third-order valence-electron chi connectivity index (χ3n) is 2.87. The molecule has 0 bridgehead atoms. The molecule has 0 saturated carbocycles. The molecule has 1 aromatic rings. The lowest BCUT2D eigenvalue weighted by Gasteiger charge is -2.32. The number of nitrogens with two attached hydrogens (primary N) is 1. The van der Waals surface area contributed by atoms with E-state index in [9.17, 15) is 0 Å². The van der Waals surface area contributed by atoms with Gasteiger partial charge in [0.2, 0.25) is 0 Å². The van der Waals surface area contributed by atoms with Crippen molar-refractivity contribution in [1.82, 2.24) is 10.2 Å². The van der Waals surface area contributed by atoms with E-state index >= 15 is 0 Å². The molecule has 1 fully saturated rings. The summed E-state index contributed by atoms with van der Waals surface area (Å²) < 4.78 is 0. The number of rotatable bonds is 2. The monoisotopic (exact) mass is 194 g/mol. The van der Waals surface area contributed by atoms with E-state index in [1.807, 2.05) is 6.92 Å². The summed E-state index contributed by atoms with van der Waals surface area (Å²) in [5.41, 5.74) is 6.81. The van der Waals surface area contributed by atoms with Gasteiger partial charge >= 0.3 is 0 Å². The number of aromatic nitrogens is 2. The molecule has 0 unspecified atom stereocenters. The van der Waals surface area contributed by atoms with Gasteiger partial charge in [0.1, 0.15) is 0 Å². The molecule has 78 valence electrons. The van der Waals surface area contributed by atoms with E-state index in [0.717, 1.165) is 31.1 Å². The predicted octanol–water partition coefficient (Wildman–Crippen LogP) is 0.893. The Morgan fingerprint density at radius 1 is 1.71 bits per heavy atom. The summed E-state index contributed by atoms with van der Waals surface area (Å²) in [5.74, 6) is 1.71. The number of nitrogens with zero attached hydrogens (tertiary/aromatic N) is 2. The van der Waals surface area contributed by atoms with Crippen molar-refractivity contribution in [3.63, 3.8) is 0 Å². The first kappa shape index (κ1) is 9.52. The van der Waals surface area contributed by atoms with Gasteiger partial charge in [-0.25, -0.2) is 0 Å². The lowest BCUT2D eigenvalue weighted by molar-refractivity contribution is 0.421. The number of aromatic amines is 1. The van der Waals surface area contributed by atoms with Gasteiger partial charge in [-0.2, -0.15) is 5.10 Å². The molecular weight excluding hydrogens is 176 g/mol. The maximum absolute atomic E-state index is 5.69. The molecule has 0 aliphatic carbocycles. The van der Waals surface area contributed by atoms with Crippen molar-refractivity contribution in [3.8, 4) is 0 Å². The molecule has 4 heteroatoms. The van der Waals surface area contributed by atoms with E-state index < -0.39 is 0 Å². The molecule has 2 rings (SSSR count). The van der Waals surface area contributed by atoms with Crippen molar-refractivity contribution < 1.29 is 0 Å². The zero-order chi connectivity index (χ0) is 9.97. The van der Waals surface area contributed by atoms with Crippen molar-refractivity contribution in [2.24, 2.45) is 11.7 Å². The Balaban J connectivity index is 2.04. The standard InChI is InChI=1S/C10H18N4/c1-8-5-10(13-12-8)14-4-2-3-9(6-11)7-14/h5,9H,2-4,6-7,11H2,1H3,(H,12,13)/t9-/m0/s1. The van der Waals surface area contributed by atoms with Crippen molar-refractivity contribution in [3.05, 3.63) is 11.8 Å². The fraction of sp³-hybridized carbons (Fsp3) is 0.700. The summed E-state index contributed by atoms with van der Waals surface area (Å²) in [4.78, 5) is 2.32. The van der Waals surface area contributed by atoms with Gasteiger partial charge in [0, 0.05) is 24.8 Å². The van der Waals surface area contributed by atoms with E-state index in [4.69, 9.17) is 5.73 Å². The second-order valence-electron chi connectivity index (χ2n) is 4.10. The van der Waals surface area contributed by atoms with Gasteiger partial charge in [0.05, 0.1) is 0 Å². The molecule has 1 atom stereocenters. The van der Waals surface area contributed by atoms with Crippen LogP contribution in [0.1, 0.15) is 18.5 Å². The van der Waals surface area contributed by atoms with Crippen LogP contribution in [0.2, 0.25) is 0 Å². The van der Waals surface area contributed by atoms with Gasteiger partial charge in [-0.3, -0.25) is 5.10 Å². The van der Waals surface area contributed by atoms with E-state index in [1.165, 1.54) is 12.8 Å². The number of anilines is 1. The number of nitrogens with one attached hydrogen (secondary N) is 1. The predicted molar refractivity (Wildman–Crippen MR) is 57.3 cm³/mol. The Kier molecular flexibility index (Phi) is 2.72. The number of hydrogen-bond acceptors (Lipinski definition) is 3. The fourth-order valence-corrected chi connectivity index (χ4v) is 2.03. The van der Waals surface area contributed by atoms with Gasteiger partial charge in [-0.15, -0.1) is 0 Å². The quantitative estimate of drug-likeness (QED) is 0.735. The van der Waals surface area contributed by atoms with E-state index in [0.29, 0.717) is 5.92 Å². The van der Waals surface area contributed by atoms with Crippen molar-refractivity contribution in [1.29, 1.82) is 0 Å². The summed E-state index contributed by atoms with van der Waals surface area (Å²) in [6, 6.07) is 2.10. The fourth-order valence-electron chi connectivity index (χ4n) is 2.03. The molecule has 0 amide bonds. The van der Waals surface area contributed by atoms with Crippen LogP contribution in [-0.2, 0) is 0 Å². The molecule has 1 saturated heterocycles. The van der Waals surface area contributed by atoms with Crippen LogP contribution in [0.5, 0.6) is 0 Å². The highest BCUT2D eigenvalue weighted by molar-refractivity contribution is 5.39. The highest BCUT2D eigenvalue weighted by Gasteiger charge is 2.20. The topological polar surface area (TPSA) is 57.9 Å². The SMILES string of the molecule is Cc1cc(N2CCC[C@@H](CN)C2)n[nH]1. The summed E-state index contributed by atoms with van der Waals surface area (Å²) >= 11 is 0. The van der Waals surface area contributed by atoms with Crippen LogP contribution in [-0.4, -0.2) is 29.8 Å². The molecule has 1 aliphatic heterocycles. The van der Waals surface area contributed by atoms with Gasteiger partial charge in [0.25, 0.3) is 0 Å². The second-order valence-corrected chi connectivity index (χ2v) is 4.10. The first-order valence-corrected chi connectivity index (χ1v) is 5.26. The largest absolute Gasteiger partial charge is 0.355 e. The maximum Gasteiger partial charge on any atom is 0.150 e. The smallest absolute Gasteiger partial charge is 0.150 e. The summed E-state index contributed by atoms with van der Waals surface area (Å²) in [5, 5.41) is 7.24. The first-order valence-electron chi connectivity index (χ1n) is 5.26. The van der Waals surface area contributed by atoms with Crippen molar-refractivity contribution in [2.45, 2.75) is 19.8 Å². The zero-order valence-corrected chi connectivity index (χ0v) is 8.66. The van der Waals surface area contributed by atoms with Crippen LogP contribution >= 0.6 is 0 Å². The average Bonchev–Trinajstić information content (AvgIpc) is 2.65. The normalized spacial score (nSPS) is 22.7. The maximum atomic E-state index is 5.69. The minimum absolute atomic E-state index is 0.640. The van der Waals surface area contributed by atoms with E-state index in [2.05, 4.69) is 21.2 Å². The van der Waals surface area contributed by atoms with Crippen LogP contribution in [0.3, 0.4) is 0 Å². The van der Waals surface area contributed by atoms with Crippen molar-refractivity contribution in [2.75, 3.05) is 24.5 Å². The van der Waals surface area contributed by atoms with Gasteiger partial charge in [-0.05, 0) is 32.2 Å². The lowest BCUT2D eigenvalue weighted by Crippen LogP contribution is -2.38. The average molecular weight is 194 g/mol. The summed E-state index contributed by atoms with van der Waals surface area (Å²) in [6.07, 6.45) is 2.49. The molecule has 0 aromatic carbocycles. The van der Waals surface area contributed by atoms with Crippen LogP contribution in [0.15, 0.2) is 6.07 Å². The molecular formula is C10H18N4. The lowest BCUT2D eigenvalue weighted by atomic mass is 9.98. The van der Waals surface area contributed by atoms with Gasteiger partial charge < -0.3 is 10.6 Å². The Bertz CT molecular complexity index is 294. The van der Waals surface area contributed by atoms with Crippen molar-refractivity contribution >= 4 is 5.82 Å². The Labute approximate surface area is 84.5 Å². The van der Waals surface area contributed by atoms with Crippen LogP contribution < -0.4 is 10.6 Å². The van der Waals surface area contributed by atoms with Crippen LogP contribution in [0, 0.1) is 12.8 Å². The highest BCUT2D eigenvalue weighted by atomic mass is 15.3. The van der Waals surface area contributed by atoms with E-state index in [1.54, 1.807) is 0 Å². The molecule has 1 aromatic heterocycles. The summed E-state index contributed by atoms with van der Waals surface area (Å²) in [6.45, 7) is 4.99. The molecule has 0 radical (unpaired) electrons. The first-order chi connectivity index (χ1) is 6.79. The van der Waals surface area contributed by atoms with Crippen LogP contribution in [0.25, 0.3) is 0 Å². The van der Waals surface area contributed by atoms with Gasteiger partial charge in [-0.1, -0.05) is 0 Å². The van der Waals surface area contributed by atoms with Gasteiger partial charge in [0.15, 0.2) is 5.82 Å². The number of H-pyrrole nitrogens is 1. The molecule has 1 aliphatic rings. The number of piperidine rings is 1. The Hall–Kier alpha value is -1.03. The third-order valence-corrected chi connectivity index (χ3v) is 2.87. The van der Waals surface area contributed by atoms with Crippen LogP contribution in [0.4, 0.5) is 5.82 Å². The number of hydrogen-bond donors (Lipinski definition) is 2. The Morgan fingerprint density at radius 2 is 2.57 bits per heavy atom. The highest BCUT2D eigenvalue weighted by Crippen LogP contribution is 2.21. The zero-order valence-electron chi connectivity index (χ0n) is 8.66. The third kappa shape index (κ3) is 1.90. The minimum Gasteiger partial charge on any atom is -0.355 e. The Morgan fingerprint density at radius 3 is 3.21 bits per heavy atom. The molecule has 14 heavy (non-hydrogen) atoms. The molecule has 4 nitrogen and oxygen atoms in total.